The van der Waals surface area contributed by atoms with E-state index < -0.39 is 5.97 Å². The molecular formula is C33H56O7. The Hall–Kier alpha value is -2.44. The molecule has 0 spiro atoms. The molecule has 7 heteroatoms. The Bertz CT molecular complexity index is 850. The molecule has 0 amide bonds. The number of rotatable bonds is 24. The lowest BCUT2D eigenvalue weighted by Crippen LogP contribution is -2.08. The lowest BCUT2D eigenvalue weighted by Gasteiger charge is -2.19. The van der Waals surface area contributed by atoms with Gasteiger partial charge in [-0.05, 0) is 26.2 Å². The molecule has 0 saturated carbocycles. The van der Waals surface area contributed by atoms with E-state index in [4.69, 9.17) is 18.9 Å². The lowest BCUT2D eigenvalue weighted by atomic mass is 9.98. The van der Waals surface area contributed by atoms with Gasteiger partial charge in [0.25, 0.3) is 0 Å². The summed E-state index contributed by atoms with van der Waals surface area (Å²) < 4.78 is 21.1. The van der Waals surface area contributed by atoms with E-state index in [1.807, 2.05) is 6.92 Å². The van der Waals surface area contributed by atoms with Crippen LogP contribution in [0.15, 0.2) is 0 Å². The highest BCUT2D eigenvalue weighted by Gasteiger charge is 2.25. The minimum atomic E-state index is -0.437. The zero-order chi connectivity index (χ0) is 29.6. The first-order chi connectivity index (χ1) is 19.3. The zero-order valence-electron chi connectivity index (χ0n) is 26.0. The smallest absolute Gasteiger partial charge is 0.308 e. The van der Waals surface area contributed by atoms with Crippen LogP contribution in [-0.4, -0.2) is 37.9 Å². The van der Waals surface area contributed by atoms with Crippen molar-refractivity contribution in [1.82, 2.24) is 0 Å². The summed E-state index contributed by atoms with van der Waals surface area (Å²) in [5.74, 6) is 0.230. The van der Waals surface area contributed by atoms with Gasteiger partial charge in [-0.3, -0.25) is 9.59 Å². The summed E-state index contributed by atoms with van der Waals surface area (Å²) in [6.07, 6.45) is 23.3. The Kier molecular flexibility index (Phi) is 19.8. The van der Waals surface area contributed by atoms with Gasteiger partial charge in [0.15, 0.2) is 11.5 Å². The Labute approximate surface area is 243 Å². The highest BCUT2D eigenvalue weighted by atomic mass is 16.6. The molecular weight excluding hydrogens is 508 g/mol. The summed E-state index contributed by atoms with van der Waals surface area (Å²) in [5, 5.41) is 10.8. The molecule has 0 atom stereocenters. The summed E-state index contributed by atoms with van der Waals surface area (Å²) in [7, 11) is 2.94. The first-order valence-electron chi connectivity index (χ1n) is 15.6. The Morgan fingerprint density at radius 2 is 0.975 bits per heavy atom. The number of ether oxygens (including phenoxy) is 4. The number of carbonyl (C=O) groups is 2. The molecule has 0 aliphatic rings. The van der Waals surface area contributed by atoms with Crippen LogP contribution in [0, 0.1) is 6.92 Å². The Morgan fingerprint density at radius 1 is 0.575 bits per heavy atom. The maximum absolute atomic E-state index is 11.6. The van der Waals surface area contributed by atoms with Gasteiger partial charge in [-0.25, -0.2) is 0 Å². The molecule has 7 nitrogen and oxygen atoms in total. The minimum absolute atomic E-state index is 0.0670. The maximum atomic E-state index is 11.6. The lowest BCUT2D eigenvalue weighted by molar-refractivity contribution is -0.141. The molecule has 40 heavy (non-hydrogen) atoms. The van der Waals surface area contributed by atoms with Crippen LogP contribution in [0.1, 0.15) is 141 Å². The Balaban J connectivity index is 2.06. The van der Waals surface area contributed by atoms with Gasteiger partial charge in [-0.15, -0.1) is 0 Å². The van der Waals surface area contributed by atoms with Crippen LogP contribution < -0.4 is 14.2 Å². The van der Waals surface area contributed by atoms with E-state index in [0.717, 1.165) is 36.8 Å². The van der Waals surface area contributed by atoms with Crippen LogP contribution in [-0.2, 0) is 20.7 Å². The van der Waals surface area contributed by atoms with Crippen LogP contribution in [0.4, 0.5) is 0 Å². The van der Waals surface area contributed by atoms with Crippen LogP contribution >= 0.6 is 0 Å². The van der Waals surface area contributed by atoms with E-state index in [1.54, 1.807) is 0 Å². The second-order valence-electron chi connectivity index (χ2n) is 10.9. The molecule has 1 aromatic rings. The molecule has 0 unspecified atom stereocenters. The third-order valence-corrected chi connectivity index (χ3v) is 7.49. The van der Waals surface area contributed by atoms with E-state index in [-0.39, 0.29) is 23.2 Å². The quantitative estimate of drug-likeness (QED) is 0.0762. The number of phenolic OH excluding ortho intramolecular Hbond substituents is 1. The van der Waals surface area contributed by atoms with Gasteiger partial charge in [0.2, 0.25) is 11.5 Å². The second-order valence-corrected chi connectivity index (χ2v) is 10.9. The number of unbranched alkanes of at least 4 members (excludes halogenated alkanes) is 17. The average molecular weight is 565 g/mol. The standard InChI is InChI=1S/C33H56O7/c1-26-29(30(36)32(37-4)33(38-5)31(26)40-28(3)35)24-22-20-18-16-14-12-10-8-6-7-9-11-13-15-17-19-21-23-25-39-27(2)34/h36H,6-25H2,1-5H3. The molecule has 0 bridgehead atoms. The molecule has 0 fully saturated rings. The van der Waals surface area contributed by atoms with Crippen LogP contribution in [0.25, 0.3) is 0 Å². The van der Waals surface area contributed by atoms with Crippen LogP contribution in [0.5, 0.6) is 23.0 Å². The van der Waals surface area contributed by atoms with Crippen LogP contribution in [0.3, 0.4) is 0 Å². The summed E-state index contributed by atoms with van der Waals surface area (Å²) in [6, 6.07) is 0. The van der Waals surface area contributed by atoms with E-state index in [9.17, 15) is 14.7 Å². The summed E-state index contributed by atoms with van der Waals surface area (Å²) in [5.41, 5.74) is 1.47. The number of esters is 2. The monoisotopic (exact) mass is 564 g/mol. The summed E-state index contributed by atoms with van der Waals surface area (Å²) in [6.45, 7) is 5.23. The maximum Gasteiger partial charge on any atom is 0.308 e. The zero-order valence-corrected chi connectivity index (χ0v) is 26.0. The molecule has 1 aromatic carbocycles. The fourth-order valence-electron chi connectivity index (χ4n) is 5.23. The SMILES string of the molecule is COc1c(O)c(CCCCCCCCCCCCCCCCCCCCOC(C)=O)c(C)c(OC(C)=O)c1OC. The fraction of sp³-hybridized carbons (Fsp3) is 0.758. The predicted octanol–water partition coefficient (Wildman–Crippen LogP) is 8.77. The van der Waals surface area contributed by atoms with Crippen molar-refractivity contribution < 1.29 is 33.6 Å². The summed E-state index contributed by atoms with van der Waals surface area (Å²) in [4.78, 5) is 22.3. The number of carbonyl (C=O) groups excluding carboxylic acids is 2. The van der Waals surface area contributed by atoms with Crippen molar-refractivity contribution in [3.8, 4) is 23.0 Å². The molecule has 1 N–H and O–H groups in total. The van der Waals surface area contributed by atoms with E-state index in [0.29, 0.717) is 18.8 Å². The third-order valence-electron chi connectivity index (χ3n) is 7.49. The Morgan fingerprint density at radius 3 is 1.35 bits per heavy atom. The first kappa shape index (κ1) is 35.6. The first-order valence-corrected chi connectivity index (χ1v) is 15.6. The van der Waals surface area contributed by atoms with Crippen molar-refractivity contribution in [2.24, 2.45) is 0 Å². The van der Waals surface area contributed by atoms with Gasteiger partial charge in [0.1, 0.15) is 0 Å². The molecule has 0 aromatic heterocycles. The van der Waals surface area contributed by atoms with Crippen LogP contribution in [0.2, 0.25) is 0 Å². The second kappa shape index (κ2) is 22.3. The molecule has 0 heterocycles. The van der Waals surface area contributed by atoms with Gasteiger partial charge >= 0.3 is 11.9 Å². The van der Waals surface area contributed by atoms with Crippen molar-refractivity contribution in [2.45, 2.75) is 143 Å². The van der Waals surface area contributed by atoms with Gasteiger partial charge in [-0.2, -0.15) is 0 Å². The van der Waals surface area contributed by atoms with Gasteiger partial charge in [0, 0.05) is 25.0 Å². The molecule has 230 valence electrons. The molecule has 0 radical (unpaired) electrons. The highest BCUT2D eigenvalue weighted by molar-refractivity contribution is 5.75. The third kappa shape index (κ3) is 14.8. The number of phenols is 1. The minimum Gasteiger partial charge on any atom is -0.504 e. The summed E-state index contributed by atoms with van der Waals surface area (Å²) >= 11 is 0. The van der Waals surface area contributed by atoms with Gasteiger partial charge < -0.3 is 24.1 Å². The van der Waals surface area contributed by atoms with Crippen molar-refractivity contribution in [2.75, 3.05) is 20.8 Å². The average Bonchev–Trinajstić information content (AvgIpc) is 2.92. The van der Waals surface area contributed by atoms with Crippen molar-refractivity contribution in [3.63, 3.8) is 0 Å². The number of benzene rings is 1. The van der Waals surface area contributed by atoms with Crippen molar-refractivity contribution in [1.29, 1.82) is 0 Å². The molecule has 0 aliphatic heterocycles. The number of hydrogen-bond donors (Lipinski definition) is 1. The van der Waals surface area contributed by atoms with E-state index >= 15 is 0 Å². The molecule has 1 rings (SSSR count). The van der Waals surface area contributed by atoms with E-state index in [1.165, 1.54) is 118 Å². The molecule has 0 aliphatic carbocycles. The number of aromatic hydroxyl groups is 1. The van der Waals surface area contributed by atoms with Gasteiger partial charge in [-0.1, -0.05) is 103 Å². The number of methoxy groups -OCH3 is 2. The van der Waals surface area contributed by atoms with E-state index in [2.05, 4.69) is 0 Å². The molecule has 0 saturated heterocycles. The number of hydrogen-bond acceptors (Lipinski definition) is 7. The van der Waals surface area contributed by atoms with Crippen molar-refractivity contribution in [3.05, 3.63) is 11.1 Å². The van der Waals surface area contributed by atoms with Crippen molar-refractivity contribution >= 4 is 11.9 Å². The fourth-order valence-corrected chi connectivity index (χ4v) is 5.23. The van der Waals surface area contributed by atoms with Gasteiger partial charge in [0.05, 0.1) is 20.8 Å². The topological polar surface area (TPSA) is 91.3 Å². The normalized spacial score (nSPS) is 10.9. The largest absolute Gasteiger partial charge is 0.504 e. The predicted molar refractivity (Wildman–Crippen MR) is 161 cm³/mol. The highest BCUT2D eigenvalue weighted by Crippen LogP contribution is 2.49.